The van der Waals surface area contributed by atoms with Crippen molar-refractivity contribution < 1.29 is 14.1 Å². The zero-order valence-electron chi connectivity index (χ0n) is 9.94. The third kappa shape index (κ3) is 2.88. The normalized spacial score (nSPS) is 13.4. The number of hydrogen-bond acceptors (Lipinski definition) is 4. The van der Waals surface area contributed by atoms with E-state index in [-0.39, 0.29) is 17.8 Å². The van der Waals surface area contributed by atoms with Crippen LogP contribution in [0.5, 0.6) is 0 Å². The number of ketones is 1. The molecule has 0 radical (unpaired) electrons. The molecule has 0 aliphatic heterocycles. The van der Waals surface area contributed by atoms with Gasteiger partial charge < -0.3 is 0 Å². The van der Waals surface area contributed by atoms with Gasteiger partial charge in [0.05, 0.1) is 17.1 Å². The Morgan fingerprint density at radius 2 is 2.17 bits per heavy atom. The van der Waals surface area contributed by atoms with Crippen LogP contribution in [0.1, 0.15) is 19.4 Å². The van der Waals surface area contributed by atoms with E-state index < -0.39 is 21.8 Å². The van der Waals surface area contributed by atoms with Gasteiger partial charge in [-0.05, 0) is 31.9 Å². The number of rotatable bonds is 4. The molecule has 0 amide bonds. The average molecular weight is 250 g/mol. The molecule has 0 fully saturated rings. The second kappa shape index (κ2) is 4.92. The minimum Gasteiger partial charge on any atom is -0.298 e. The lowest BCUT2D eigenvalue weighted by atomic mass is 9.81. The molecule has 6 heteroatoms. The minimum absolute atomic E-state index is 0.0581. The molecule has 0 N–H and O–H groups in total. The number of nitrogens with zero attached hydrogens (tertiary/aromatic N) is 2. The third-order valence-electron chi connectivity index (χ3n) is 2.73. The molecule has 0 saturated carbocycles. The Hall–Kier alpha value is -2.29. The van der Waals surface area contributed by atoms with Crippen molar-refractivity contribution in [1.82, 2.24) is 0 Å². The summed E-state index contributed by atoms with van der Waals surface area (Å²) >= 11 is 0. The molecule has 0 aliphatic carbocycles. The minimum atomic E-state index is -1.30. The fourth-order valence-electron chi connectivity index (χ4n) is 1.49. The number of Topliss-reactive ketones (excluding diaryl/α,β-unsaturated/α-hetero) is 1. The first kappa shape index (κ1) is 13.8. The van der Waals surface area contributed by atoms with Crippen molar-refractivity contribution in [2.45, 2.75) is 20.3 Å². The van der Waals surface area contributed by atoms with Gasteiger partial charge in [-0.3, -0.25) is 14.9 Å². The maximum Gasteiger partial charge on any atom is 0.272 e. The molecule has 0 aliphatic rings. The number of hydrogen-bond donors (Lipinski definition) is 0. The van der Waals surface area contributed by atoms with Gasteiger partial charge in [0.15, 0.2) is 0 Å². The lowest BCUT2D eigenvalue weighted by Gasteiger charge is -2.17. The van der Waals surface area contributed by atoms with E-state index in [0.29, 0.717) is 0 Å². The topological polar surface area (TPSA) is 84.0 Å². The number of nitriles is 1. The summed E-state index contributed by atoms with van der Waals surface area (Å²) in [7, 11) is 0. The van der Waals surface area contributed by atoms with Crippen LogP contribution in [0.25, 0.3) is 0 Å². The van der Waals surface area contributed by atoms with Crippen LogP contribution >= 0.6 is 0 Å². The summed E-state index contributed by atoms with van der Waals surface area (Å²) in [5.41, 5.74) is -1.45. The molecule has 1 rings (SSSR count). The number of carbonyl (C=O) groups excluding carboxylic acids is 1. The van der Waals surface area contributed by atoms with Crippen molar-refractivity contribution in [3.8, 4) is 6.07 Å². The molecule has 0 heterocycles. The SMILES string of the molecule is CC(=O)C(C)(C#N)Cc1cc(F)cc([N+](=O)[O-])c1. The van der Waals surface area contributed by atoms with E-state index >= 15 is 0 Å². The fourth-order valence-corrected chi connectivity index (χ4v) is 1.49. The zero-order chi connectivity index (χ0) is 13.9. The summed E-state index contributed by atoms with van der Waals surface area (Å²) in [5, 5.41) is 19.5. The first-order chi connectivity index (χ1) is 8.28. The van der Waals surface area contributed by atoms with Gasteiger partial charge in [-0.1, -0.05) is 0 Å². The molecule has 94 valence electrons. The molecule has 0 saturated heterocycles. The monoisotopic (exact) mass is 250 g/mol. The molecule has 18 heavy (non-hydrogen) atoms. The molecule has 5 nitrogen and oxygen atoms in total. The molecule has 0 spiro atoms. The predicted molar refractivity (Wildman–Crippen MR) is 61.2 cm³/mol. The van der Waals surface area contributed by atoms with Crippen molar-refractivity contribution in [3.05, 3.63) is 39.7 Å². The summed E-state index contributed by atoms with van der Waals surface area (Å²) in [6.45, 7) is 2.68. The van der Waals surface area contributed by atoms with Crippen molar-refractivity contribution >= 4 is 11.5 Å². The van der Waals surface area contributed by atoms with E-state index in [1.807, 2.05) is 6.07 Å². The van der Waals surface area contributed by atoms with Gasteiger partial charge in [0.1, 0.15) is 17.0 Å². The second-order valence-electron chi connectivity index (χ2n) is 4.25. The van der Waals surface area contributed by atoms with Crippen molar-refractivity contribution in [2.24, 2.45) is 5.41 Å². The van der Waals surface area contributed by atoms with Gasteiger partial charge in [-0.2, -0.15) is 5.26 Å². The highest BCUT2D eigenvalue weighted by atomic mass is 19.1. The van der Waals surface area contributed by atoms with Gasteiger partial charge in [0, 0.05) is 6.07 Å². The maximum absolute atomic E-state index is 13.2. The number of nitro benzene ring substituents is 1. The molecular formula is C12H11FN2O3. The average Bonchev–Trinajstić information content (AvgIpc) is 2.27. The highest BCUT2D eigenvalue weighted by Crippen LogP contribution is 2.26. The Bertz CT molecular complexity index is 551. The number of benzene rings is 1. The van der Waals surface area contributed by atoms with Crippen LogP contribution in [-0.4, -0.2) is 10.7 Å². The Kier molecular flexibility index (Phi) is 3.76. The molecule has 1 aromatic rings. The van der Waals surface area contributed by atoms with Crippen LogP contribution in [0, 0.1) is 32.7 Å². The van der Waals surface area contributed by atoms with Gasteiger partial charge in [-0.15, -0.1) is 0 Å². The predicted octanol–water partition coefficient (Wildman–Crippen LogP) is 2.40. The summed E-state index contributed by atoms with van der Waals surface area (Å²) in [6.07, 6.45) is -0.0581. The quantitative estimate of drug-likeness (QED) is 0.606. The van der Waals surface area contributed by atoms with E-state index in [9.17, 15) is 19.3 Å². The molecule has 1 unspecified atom stereocenters. The molecular weight excluding hydrogens is 239 g/mol. The highest BCUT2D eigenvalue weighted by molar-refractivity contribution is 5.85. The van der Waals surface area contributed by atoms with E-state index in [4.69, 9.17) is 5.26 Å². The summed E-state index contributed by atoms with van der Waals surface area (Å²) < 4.78 is 13.2. The van der Waals surface area contributed by atoms with Crippen LogP contribution in [0.4, 0.5) is 10.1 Å². The van der Waals surface area contributed by atoms with E-state index in [2.05, 4.69) is 0 Å². The number of nitro groups is 1. The summed E-state index contributed by atoms with van der Waals surface area (Å²) in [6, 6.07) is 4.90. The van der Waals surface area contributed by atoms with E-state index in [1.54, 1.807) is 0 Å². The van der Waals surface area contributed by atoms with Crippen LogP contribution < -0.4 is 0 Å². The molecule has 1 aromatic carbocycles. The van der Waals surface area contributed by atoms with Crippen LogP contribution in [0.2, 0.25) is 0 Å². The lowest BCUT2D eigenvalue weighted by molar-refractivity contribution is -0.385. The Balaban J connectivity index is 3.16. The van der Waals surface area contributed by atoms with Gasteiger partial charge >= 0.3 is 0 Å². The second-order valence-corrected chi connectivity index (χ2v) is 4.25. The van der Waals surface area contributed by atoms with Crippen molar-refractivity contribution in [3.63, 3.8) is 0 Å². The van der Waals surface area contributed by atoms with Crippen LogP contribution in [0.3, 0.4) is 0 Å². The molecule has 1 atom stereocenters. The van der Waals surface area contributed by atoms with Crippen LogP contribution in [0.15, 0.2) is 18.2 Å². The standard InChI is InChI=1S/C12H11FN2O3/c1-8(16)12(2,7-14)6-9-3-10(13)5-11(4-9)15(17)18/h3-5H,6H2,1-2H3. The van der Waals surface area contributed by atoms with Crippen LogP contribution in [-0.2, 0) is 11.2 Å². The van der Waals surface area contributed by atoms with Gasteiger partial charge in [-0.25, -0.2) is 4.39 Å². The summed E-state index contributed by atoms with van der Waals surface area (Å²) in [4.78, 5) is 21.2. The summed E-state index contributed by atoms with van der Waals surface area (Å²) in [5.74, 6) is -1.13. The lowest BCUT2D eigenvalue weighted by Crippen LogP contribution is -2.26. The fraction of sp³-hybridized carbons (Fsp3) is 0.333. The number of carbonyl (C=O) groups is 1. The van der Waals surface area contributed by atoms with Gasteiger partial charge in [0.25, 0.3) is 5.69 Å². The van der Waals surface area contributed by atoms with Crippen molar-refractivity contribution in [2.75, 3.05) is 0 Å². The van der Waals surface area contributed by atoms with E-state index in [1.165, 1.54) is 19.9 Å². The molecule has 0 bridgehead atoms. The first-order valence-corrected chi connectivity index (χ1v) is 5.14. The Morgan fingerprint density at radius 3 is 2.61 bits per heavy atom. The maximum atomic E-state index is 13.2. The smallest absolute Gasteiger partial charge is 0.272 e. The third-order valence-corrected chi connectivity index (χ3v) is 2.73. The number of non-ortho nitro benzene ring substituents is 1. The Morgan fingerprint density at radius 1 is 1.56 bits per heavy atom. The number of halogens is 1. The Labute approximate surface area is 103 Å². The largest absolute Gasteiger partial charge is 0.298 e. The van der Waals surface area contributed by atoms with Gasteiger partial charge in [0.2, 0.25) is 0 Å². The zero-order valence-corrected chi connectivity index (χ0v) is 9.94. The van der Waals surface area contributed by atoms with E-state index in [0.717, 1.165) is 12.1 Å². The van der Waals surface area contributed by atoms with Crippen molar-refractivity contribution in [1.29, 1.82) is 5.26 Å². The first-order valence-electron chi connectivity index (χ1n) is 5.14. The highest BCUT2D eigenvalue weighted by Gasteiger charge is 2.30. The molecule has 0 aromatic heterocycles.